The first-order valence-corrected chi connectivity index (χ1v) is 7.45. The van der Waals surface area contributed by atoms with Gasteiger partial charge >= 0.3 is 0 Å². The van der Waals surface area contributed by atoms with Gasteiger partial charge in [-0.3, -0.25) is 0 Å². The highest BCUT2D eigenvalue weighted by Gasteiger charge is 2.08. The van der Waals surface area contributed by atoms with Gasteiger partial charge in [-0.15, -0.1) is 22.7 Å². The molecule has 2 N–H and O–H groups in total. The van der Waals surface area contributed by atoms with Gasteiger partial charge in [-0.25, -0.2) is 14.4 Å². The van der Waals surface area contributed by atoms with E-state index in [2.05, 4.69) is 9.97 Å². The lowest BCUT2D eigenvalue weighted by Crippen LogP contribution is -1.94. The van der Waals surface area contributed by atoms with Gasteiger partial charge in [0.05, 0.1) is 10.6 Å². The number of aromatic nitrogens is 2. The lowest BCUT2D eigenvalue weighted by Gasteiger charge is -2.02. The van der Waals surface area contributed by atoms with Gasteiger partial charge in [-0.1, -0.05) is 0 Å². The molecule has 0 unspecified atom stereocenters. The minimum atomic E-state index is -0.282. The van der Waals surface area contributed by atoms with E-state index < -0.39 is 0 Å². The highest BCUT2D eigenvalue weighted by Crippen LogP contribution is 2.28. The number of halogens is 1. The van der Waals surface area contributed by atoms with Crippen LogP contribution in [0.1, 0.15) is 5.01 Å². The third-order valence-corrected chi connectivity index (χ3v) is 4.17. The fourth-order valence-electron chi connectivity index (χ4n) is 1.57. The molecule has 20 heavy (non-hydrogen) atoms. The van der Waals surface area contributed by atoms with Crippen LogP contribution in [0.15, 0.2) is 35.8 Å². The molecular formula is C13H10FN3OS2. The van der Waals surface area contributed by atoms with Crippen molar-refractivity contribution in [2.24, 2.45) is 0 Å². The highest BCUT2D eigenvalue weighted by molar-refractivity contribution is 7.16. The quantitative estimate of drug-likeness (QED) is 0.800. The zero-order valence-electron chi connectivity index (χ0n) is 10.2. The third kappa shape index (κ3) is 2.94. The molecule has 0 spiro atoms. The summed E-state index contributed by atoms with van der Waals surface area (Å²) < 4.78 is 18.3. The average Bonchev–Trinajstić information content (AvgIpc) is 3.07. The SMILES string of the molecule is Nc1nc(-c2cnc(COc3ccc(F)cc3)s2)cs1. The van der Waals surface area contributed by atoms with Crippen LogP contribution in [-0.2, 0) is 6.61 Å². The molecule has 0 aliphatic heterocycles. The topological polar surface area (TPSA) is 61.0 Å². The van der Waals surface area contributed by atoms with Gasteiger partial charge in [0, 0.05) is 11.6 Å². The van der Waals surface area contributed by atoms with E-state index in [0.29, 0.717) is 17.5 Å². The lowest BCUT2D eigenvalue weighted by atomic mass is 10.3. The first kappa shape index (κ1) is 13.0. The van der Waals surface area contributed by atoms with Gasteiger partial charge in [0.25, 0.3) is 0 Å². The van der Waals surface area contributed by atoms with Crippen LogP contribution in [0.2, 0.25) is 0 Å². The zero-order chi connectivity index (χ0) is 13.9. The molecule has 2 heterocycles. The lowest BCUT2D eigenvalue weighted by molar-refractivity contribution is 0.305. The summed E-state index contributed by atoms with van der Waals surface area (Å²) in [6.45, 7) is 0.343. The average molecular weight is 307 g/mol. The second kappa shape index (κ2) is 5.56. The number of rotatable bonds is 4. The van der Waals surface area contributed by atoms with E-state index in [4.69, 9.17) is 10.5 Å². The number of hydrogen-bond acceptors (Lipinski definition) is 6. The number of nitrogen functional groups attached to an aromatic ring is 1. The van der Waals surface area contributed by atoms with Gasteiger partial charge in [0.2, 0.25) is 0 Å². The molecule has 0 amide bonds. The highest BCUT2D eigenvalue weighted by atomic mass is 32.1. The van der Waals surface area contributed by atoms with Gasteiger partial charge in [-0.05, 0) is 24.3 Å². The van der Waals surface area contributed by atoms with Crippen molar-refractivity contribution in [1.82, 2.24) is 9.97 Å². The van der Waals surface area contributed by atoms with Crippen molar-refractivity contribution in [2.75, 3.05) is 5.73 Å². The molecule has 0 saturated carbocycles. The van der Waals surface area contributed by atoms with Crippen molar-refractivity contribution in [1.29, 1.82) is 0 Å². The second-order valence-electron chi connectivity index (χ2n) is 3.93. The maximum atomic E-state index is 12.8. The Hall–Kier alpha value is -1.99. The first-order valence-electron chi connectivity index (χ1n) is 5.75. The first-order chi connectivity index (χ1) is 9.70. The van der Waals surface area contributed by atoms with Crippen molar-refractivity contribution >= 4 is 27.8 Å². The van der Waals surface area contributed by atoms with E-state index in [0.717, 1.165) is 15.6 Å². The fraction of sp³-hybridized carbons (Fsp3) is 0.0769. The third-order valence-electron chi connectivity index (χ3n) is 2.50. The molecule has 0 radical (unpaired) electrons. The molecule has 102 valence electrons. The molecular weight excluding hydrogens is 297 g/mol. The van der Waals surface area contributed by atoms with E-state index in [1.807, 2.05) is 5.38 Å². The number of thiazole rings is 2. The summed E-state index contributed by atoms with van der Waals surface area (Å²) in [4.78, 5) is 9.44. The largest absolute Gasteiger partial charge is 0.486 e. The van der Waals surface area contributed by atoms with Crippen LogP contribution in [0.4, 0.5) is 9.52 Å². The minimum Gasteiger partial charge on any atom is -0.486 e. The van der Waals surface area contributed by atoms with Crippen LogP contribution in [0.25, 0.3) is 10.6 Å². The van der Waals surface area contributed by atoms with Crippen LogP contribution in [0.3, 0.4) is 0 Å². The Labute approximate surface area is 122 Å². The molecule has 2 aromatic heterocycles. The molecule has 3 rings (SSSR count). The van der Waals surface area contributed by atoms with Crippen LogP contribution in [-0.4, -0.2) is 9.97 Å². The summed E-state index contributed by atoms with van der Waals surface area (Å²) in [5.41, 5.74) is 6.44. The number of nitrogens with zero attached hydrogens (tertiary/aromatic N) is 2. The van der Waals surface area contributed by atoms with Crippen molar-refractivity contribution in [2.45, 2.75) is 6.61 Å². The Morgan fingerprint density at radius 3 is 2.75 bits per heavy atom. The van der Waals surface area contributed by atoms with E-state index in [-0.39, 0.29) is 5.82 Å². The second-order valence-corrected chi connectivity index (χ2v) is 5.94. The molecule has 3 aromatic rings. The van der Waals surface area contributed by atoms with E-state index in [1.165, 1.54) is 34.8 Å². The maximum absolute atomic E-state index is 12.8. The van der Waals surface area contributed by atoms with E-state index >= 15 is 0 Å². The number of benzene rings is 1. The number of ether oxygens (including phenoxy) is 1. The fourth-order valence-corrected chi connectivity index (χ4v) is 3.00. The summed E-state index contributed by atoms with van der Waals surface area (Å²) >= 11 is 2.90. The van der Waals surface area contributed by atoms with Gasteiger partial charge in [0.15, 0.2) is 5.13 Å². The van der Waals surface area contributed by atoms with Gasteiger partial charge in [-0.2, -0.15) is 0 Å². The summed E-state index contributed by atoms with van der Waals surface area (Å²) in [6.07, 6.45) is 1.75. The Kier molecular flexibility index (Phi) is 3.62. The van der Waals surface area contributed by atoms with Crippen molar-refractivity contribution in [3.8, 4) is 16.3 Å². The van der Waals surface area contributed by atoms with Crippen LogP contribution >= 0.6 is 22.7 Å². The Bertz CT molecular complexity index is 708. The summed E-state index contributed by atoms with van der Waals surface area (Å²) in [6, 6.07) is 5.90. The molecule has 0 aliphatic carbocycles. The molecule has 0 aliphatic rings. The standard InChI is InChI=1S/C13H10FN3OS2/c14-8-1-3-9(4-2-8)18-6-12-16-5-11(20-12)10-7-19-13(15)17-10/h1-5,7H,6H2,(H2,15,17). The zero-order valence-corrected chi connectivity index (χ0v) is 11.9. The Morgan fingerprint density at radius 1 is 1.25 bits per heavy atom. The van der Waals surface area contributed by atoms with Gasteiger partial charge in [0.1, 0.15) is 23.2 Å². The molecule has 4 nitrogen and oxygen atoms in total. The van der Waals surface area contributed by atoms with Crippen molar-refractivity contribution in [3.05, 3.63) is 46.7 Å². The summed E-state index contributed by atoms with van der Waals surface area (Å²) in [5.74, 6) is 0.330. The van der Waals surface area contributed by atoms with Crippen molar-refractivity contribution < 1.29 is 9.13 Å². The molecule has 0 bridgehead atoms. The Morgan fingerprint density at radius 2 is 2.05 bits per heavy atom. The van der Waals surface area contributed by atoms with E-state index in [9.17, 15) is 4.39 Å². The molecule has 0 saturated heterocycles. The predicted octanol–water partition coefficient (Wildman–Crippen LogP) is 3.57. The molecule has 7 heteroatoms. The molecule has 1 aromatic carbocycles. The molecule has 0 atom stereocenters. The van der Waals surface area contributed by atoms with E-state index in [1.54, 1.807) is 18.3 Å². The van der Waals surface area contributed by atoms with Crippen molar-refractivity contribution in [3.63, 3.8) is 0 Å². The van der Waals surface area contributed by atoms with Gasteiger partial charge < -0.3 is 10.5 Å². The Balaban J connectivity index is 1.67. The van der Waals surface area contributed by atoms with Crippen LogP contribution in [0.5, 0.6) is 5.75 Å². The smallest absolute Gasteiger partial charge is 0.180 e. The normalized spacial score (nSPS) is 10.7. The molecule has 0 fully saturated rings. The monoisotopic (exact) mass is 307 g/mol. The minimum absolute atomic E-state index is 0.282. The number of nitrogens with two attached hydrogens (primary N) is 1. The number of hydrogen-bond donors (Lipinski definition) is 1. The summed E-state index contributed by atoms with van der Waals surface area (Å²) in [7, 11) is 0. The number of anilines is 1. The predicted molar refractivity (Wildman–Crippen MR) is 78.4 cm³/mol. The maximum Gasteiger partial charge on any atom is 0.180 e. The van der Waals surface area contributed by atoms with Crippen LogP contribution in [0, 0.1) is 5.82 Å². The van der Waals surface area contributed by atoms with Crippen LogP contribution < -0.4 is 10.5 Å². The summed E-state index contributed by atoms with van der Waals surface area (Å²) in [5, 5.41) is 3.27.